The molecule has 0 saturated heterocycles. The number of nitrogens with one attached hydrogen (secondary N) is 1. The van der Waals surface area contributed by atoms with Crippen LogP contribution in [0.3, 0.4) is 0 Å². The van der Waals surface area contributed by atoms with Crippen LogP contribution in [0.15, 0.2) is 51.7 Å². The van der Waals surface area contributed by atoms with Crippen molar-refractivity contribution in [3.8, 4) is 22.8 Å². The van der Waals surface area contributed by atoms with E-state index in [0.29, 0.717) is 23.0 Å². The molecule has 1 fully saturated rings. The van der Waals surface area contributed by atoms with Crippen molar-refractivity contribution in [2.45, 2.75) is 45.1 Å². The number of aromatic nitrogens is 6. The van der Waals surface area contributed by atoms with Gasteiger partial charge in [0.25, 0.3) is 0 Å². The van der Waals surface area contributed by atoms with Crippen molar-refractivity contribution in [1.82, 2.24) is 30.2 Å². The fourth-order valence-electron chi connectivity index (χ4n) is 4.79. The van der Waals surface area contributed by atoms with Gasteiger partial charge in [-0.05, 0) is 60.5 Å². The van der Waals surface area contributed by atoms with Gasteiger partial charge in [0.05, 0.1) is 11.0 Å². The highest BCUT2D eigenvalue weighted by molar-refractivity contribution is 5.87. The molecule has 8 nitrogen and oxygen atoms in total. The quantitative estimate of drug-likeness (QED) is 0.416. The van der Waals surface area contributed by atoms with Gasteiger partial charge in [0.15, 0.2) is 5.82 Å². The molecule has 5 aromatic rings. The Morgan fingerprint density at radius 3 is 2.69 bits per heavy atom. The van der Waals surface area contributed by atoms with Crippen LogP contribution < -0.4 is 5.63 Å². The van der Waals surface area contributed by atoms with Crippen molar-refractivity contribution < 1.29 is 4.42 Å². The molecule has 3 heterocycles. The summed E-state index contributed by atoms with van der Waals surface area (Å²) in [6.45, 7) is 1.77. The van der Waals surface area contributed by atoms with Crippen LogP contribution in [0.2, 0.25) is 0 Å². The lowest BCUT2D eigenvalue weighted by Gasteiger charge is -2.25. The minimum absolute atomic E-state index is 0.305. The minimum atomic E-state index is -0.305. The summed E-state index contributed by atoms with van der Waals surface area (Å²) in [4.78, 5) is 17.1. The predicted molar refractivity (Wildman–Crippen MR) is 121 cm³/mol. The van der Waals surface area contributed by atoms with E-state index in [1.165, 1.54) is 19.3 Å². The molecule has 0 atom stereocenters. The molecule has 3 aromatic heterocycles. The number of benzene rings is 2. The van der Waals surface area contributed by atoms with Gasteiger partial charge in [-0.1, -0.05) is 31.4 Å². The fraction of sp³-hybridized carbons (Fsp3) is 0.292. The van der Waals surface area contributed by atoms with Gasteiger partial charge in [-0.2, -0.15) is 0 Å². The monoisotopic (exact) mass is 426 g/mol. The van der Waals surface area contributed by atoms with E-state index in [1.807, 2.05) is 30.3 Å². The van der Waals surface area contributed by atoms with Gasteiger partial charge in [-0.15, -0.1) is 5.10 Å². The van der Waals surface area contributed by atoms with E-state index in [1.54, 1.807) is 6.92 Å². The smallest absolute Gasteiger partial charge is 0.339 e. The number of aryl methyl sites for hydroxylation is 1. The second-order valence-electron chi connectivity index (χ2n) is 8.52. The molecule has 1 aliphatic carbocycles. The zero-order valence-corrected chi connectivity index (χ0v) is 17.7. The van der Waals surface area contributed by atoms with Gasteiger partial charge in [-0.25, -0.2) is 14.9 Å². The Labute approximate surface area is 183 Å². The van der Waals surface area contributed by atoms with Gasteiger partial charge in [0, 0.05) is 28.1 Å². The number of tetrazole rings is 1. The molecule has 0 bridgehead atoms. The van der Waals surface area contributed by atoms with E-state index >= 15 is 0 Å². The SMILES string of the molecule is Cc1cc2ccc(-c3nc4cc(-c5nnn[nH]5)ccc4n3C3CCCCC3)cc2oc1=O. The summed E-state index contributed by atoms with van der Waals surface area (Å²) in [5, 5.41) is 15.1. The van der Waals surface area contributed by atoms with Crippen LogP contribution in [0, 0.1) is 6.92 Å². The second-order valence-corrected chi connectivity index (χ2v) is 8.52. The number of imidazole rings is 1. The third-order valence-corrected chi connectivity index (χ3v) is 6.42. The molecule has 8 heteroatoms. The molecule has 160 valence electrons. The molecule has 6 rings (SSSR count). The summed E-state index contributed by atoms with van der Waals surface area (Å²) in [5.74, 6) is 1.51. The van der Waals surface area contributed by atoms with Crippen LogP contribution in [0.5, 0.6) is 0 Å². The zero-order valence-electron chi connectivity index (χ0n) is 17.7. The first kappa shape index (κ1) is 18.9. The number of fused-ring (bicyclic) bond motifs is 2. The van der Waals surface area contributed by atoms with Crippen LogP contribution in [-0.4, -0.2) is 30.2 Å². The van der Waals surface area contributed by atoms with Gasteiger partial charge >= 0.3 is 5.63 Å². The molecule has 0 aliphatic heterocycles. The maximum absolute atomic E-state index is 12.1. The average molecular weight is 426 g/mol. The van der Waals surface area contributed by atoms with Crippen molar-refractivity contribution in [1.29, 1.82) is 0 Å². The first-order valence-corrected chi connectivity index (χ1v) is 11.0. The van der Waals surface area contributed by atoms with E-state index in [9.17, 15) is 4.79 Å². The number of hydrogen-bond acceptors (Lipinski definition) is 6. The normalized spacial score (nSPS) is 15.0. The Hall–Kier alpha value is -3.81. The maximum atomic E-state index is 12.1. The Balaban J connectivity index is 1.56. The van der Waals surface area contributed by atoms with E-state index in [2.05, 4.69) is 37.3 Å². The summed E-state index contributed by atoms with van der Waals surface area (Å²) in [5.41, 5.74) is 4.69. The first-order chi connectivity index (χ1) is 15.7. The van der Waals surface area contributed by atoms with Crippen LogP contribution >= 0.6 is 0 Å². The molecule has 0 radical (unpaired) electrons. The highest BCUT2D eigenvalue weighted by atomic mass is 16.4. The van der Waals surface area contributed by atoms with Crippen molar-refractivity contribution >= 4 is 22.0 Å². The molecule has 1 aliphatic rings. The molecular weight excluding hydrogens is 404 g/mol. The lowest BCUT2D eigenvalue weighted by Crippen LogP contribution is -2.14. The third-order valence-electron chi connectivity index (χ3n) is 6.42. The maximum Gasteiger partial charge on any atom is 0.339 e. The zero-order chi connectivity index (χ0) is 21.7. The van der Waals surface area contributed by atoms with Gasteiger partial charge in [0.2, 0.25) is 0 Å². The van der Waals surface area contributed by atoms with E-state index in [-0.39, 0.29) is 5.63 Å². The number of aromatic amines is 1. The standard InChI is InChI=1S/C24H22N6O2/c1-14-11-15-7-8-17(13-21(15)32-24(14)31)23-25-19-12-16(22-26-28-29-27-22)9-10-20(19)30(23)18-5-3-2-4-6-18/h7-13,18H,2-6H2,1H3,(H,26,27,28,29). The lowest BCUT2D eigenvalue weighted by atomic mass is 9.94. The third kappa shape index (κ3) is 3.10. The fourth-order valence-corrected chi connectivity index (χ4v) is 4.79. The van der Waals surface area contributed by atoms with E-state index in [4.69, 9.17) is 9.40 Å². The van der Waals surface area contributed by atoms with Crippen molar-refractivity contribution in [3.63, 3.8) is 0 Å². The summed E-state index contributed by atoms with van der Waals surface area (Å²) in [6.07, 6.45) is 5.98. The van der Waals surface area contributed by atoms with E-state index < -0.39 is 0 Å². The van der Waals surface area contributed by atoms with Crippen molar-refractivity contribution in [3.05, 3.63) is 58.4 Å². The molecule has 0 spiro atoms. The Morgan fingerprint density at radius 2 is 1.88 bits per heavy atom. The predicted octanol–water partition coefficient (Wildman–Crippen LogP) is 4.80. The Morgan fingerprint density at radius 1 is 1.03 bits per heavy atom. The number of hydrogen-bond donors (Lipinski definition) is 1. The highest BCUT2D eigenvalue weighted by Gasteiger charge is 2.23. The average Bonchev–Trinajstić information content (AvgIpc) is 3.48. The molecule has 1 N–H and O–H groups in total. The van der Waals surface area contributed by atoms with Gasteiger partial charge < -0.3 is 8.98 Å². The summed E-state index contributed by atoms with van der Waals surface area (Å²) >= 11 is 0. The van der Waals surface area contributed by atoms with Crippen LogP contribution in [0.25, 0.3) is 44.8 Å². The second kappa shape index (κ2) is 7.40. The molecule has 0 unspecified atom stereocenters. The van der Waals surface area contributed by atoms with Crippen LogP contribution in [0.1, 0.15) is 43.7 Å². The number of H-pyrrole nitrogens is 1. The van der Waals surface area contributed by atoms with Crippen LogP contribution in [0.4, 0.5) is 0 Å². The molecule has 32 heavy (non-hydrogen) atoms. The Bertz CT molecular complexity index is 1490. The Kier molecular flexibility index (Phi) is 4.38. The minimum Gasteiger partial charge on any atom is -0.423 e. The number of nitrogens with zero attached hydrogens (tertiary/aromatic N) is 5. The molecule has 1 saturated carbocycles. The van der Waals surface area contributed by atoms with Gasteiger partial charge in [0.1, 0.15) is 11.4 Å². The molecular formula is C24H22N6O2. The largest absolute Gasteiger partial charge is 0.423 e. The van der Waals surface area contributed by atoms with Crippen LogP contribution in [-0.2, 0) is 0 Å². The van der Waals surface area contributed by atoms with E-state index in [0.717, 1.165) is 46.2 Å². The topological polar surface area (TPSA) is 102 Å². The first-order valence-electron chi connectivity index (χ1n) is 11.0. The molecule has 0 amide bonds. The van der Waals surface area contributed by atoms with Crippen molar-refractivity contribution in [2.75, 3.05) is 0 Å². The summed E-state index contributed by atoms with van der Waals surface area (Å²) in [7, 11) is 0. The molecule has 2 aromatic carbocycles. The van der Waals surface area contributed by atoms with Crippen molar-refractivity contribution in [2.24, 2.45) is 0 Å². The lowest BCUT2D eigenvalue weighted by molar-refractivity contribution is 0.362. The van der Waals surface area contributed by atoms with Gasteiger partial charge in [-0.3, -0.25) is 0 Å². The summed E-state index contributed by atoms with van der Waals surface area (Å²) in [6, 6.07) is 14.4. The highest BCUT2D eigenvalue weighted by Crippen LogP contribution is 2.37. The number of rotatable bonds is 3. The summed E-state index contributed by atoms with van der Waals surface area (Å²) < 4.78 is 7.93.